The molecule has 0 rings (SSSR count). The summed E-state index contributed by atoms with van der Waals surface area (Å²) in [6, 6.07) is 0. The van der Waals surface area contributed by atoms with Crippen LogP contribution < -0.4 is 0 Å². The van der Waals surface area contributed by atoms with E-state index in [2.05, 4.69) is 13.2 Å². The fourth-order valence-corrected chi connectivity index (χ4v) is 2.60. The van der Waals surface area contributed by atoms with E-state index in [4.69, 9.17) is 5.11 Å². The molecule has 0 bridgehead atoms. The fourth-order valence-electron chi connectivity index (χ4n) is 2.60. The molecular formula is C16H26O4. The highest BCUT2D eigenvalue weighted by Gasteiger charge is 2.37. The lowest BCUT2D eigenvalue weighted by Crippen LogP contribution is -2.32. The molecule has 0 radical (unpaired) electrons. The Morgan fingerprint density at radius 2 is 1.70 bits per heavy atom. The molecule has 1 atom stereocenters. The zero-order valence-electron chi connectivity index (χ0n) is 12.3. The molecule has 0 aromatic heterocycles. The Morgan fingerprint density at radius 1 is 1.15 bits per heavy atom. The molecule has 2 N–H and O–H groups in total. The lowest BCUT2D eigenvalue weighted by Gasteiger charge is -2.30. The van der Waals surface area contributed by atoms with Gasteiger partial charge in [0.15, 0.2) is 0 Å². The van der Waals surface area contributed by atoms with Crippen LogP contribution in [0.5, 0.6) is 0 Å². The predicted molar refractivity (Wildman–Crippen MR) is 79.6 cm³/mol. The van der Waals surface area contributed by atoms with Gasteiger partial charge >= 0.3 is 11.9 Å². The van der Waals surface area contributed by atoms with Gasteiger partial charge in [0.2, 0.25) is 0 Å². The second-order valence-corrected chi connectivity index (χ2v) is 5.52. The van der Waals surface area contributed by atoms with Crippen molar-refractivity contribution in [2.75, 3.05) is 0 Å². The first kappa shape index (κ1) is 18.4. The van der Waals surface area contributed by atoms with E-state index in [1.165, 1.54) is 0 Å². The van der Waals surface area contributed by atoms with Crippen molar-refractivity contribution in [3.05, 3.63) is 25.3 Å². The molecule has 20 heavy (non-hydrogen) atoms. The molecule has 4 heteroatoms. The topological polar surface area (TPSA) is 74.6 Å². The third kappa shape index (κ3) is 6.55. The van der Waals surface area contributed by atoms with Gasteiger partial charge in [-0.25, -0.2) is 0 Å². The number of carboxylic acids is 2. The molecule has 0 aromatic rings. The number of aliphatic carboxylic acids is 2. The van der Waals surface area contributed by atoms with E-state index in [0.29, 0.717) is 25.7 Å². The van der Waals surface area contributed by atoms with Crippen LogP contribution in [-0.2, 0) is 9.59 Å². The van der Waals surface area contributed by atoms with Gasteiger partial charge in [0.05, 0.1) is 5.41 Å². The van der Waals surface area contributed by atoms with Gasteiger partial charge in [-0.2, -0.15) is 0 Å². The largest absolute Gasteiger partial charge is 0.481 e. The monoisotopic (exact) mass is 282 g/mol. The molecule has 0 aliphatic rings. The highest BCUT2D eigenvalue weighted by molar-refractivity contribution is 5.75. The maximum Gasteiger partial charge on any atom is 0.310 e. The Labute approximate surface area is 121 Å². The van der Waals surface area contributed by atoms with Gasteiger partial charge in [-0.1, -0.05) is 31.9 Å². The third-order valence-corrected chi connectivity index (χ3v) is 3.60. The van der Waals surface area contributed by atoms with Crippen molar-refractivity contribution < 1.29 is 19.8 Å². The SMILES string of the molecule is C=CCC(CC=C)(CC(C)CCCCC(=O)O)C(=O)O. The number of unbranched alkanes of at least 4 members (excludes halogenated alkanes) is 1. The van der Waals surface area contributed by atoms with Crippen molar-refractivity contribution in [3.63, 3.8) is 0 Å². The summed E-state index contributed by atoms with van der Waals surface area (Å²) in [7, 11) is 0. The molecule has 0 saturated carbocycles. The van der Waals surface area contributed by atoms with Crippen LogP contribution in [0.15, 0.2) is 25.3 Å². The minimum absolute atomic E-state index is 0.177. The number of rotatable bonds is 12. The molecule has 0 spiro atoms. The number of hydrogen-bond acceptors (Lipinski definition) is 2. The first-order chi connectivity index (χ1) is 9.38. The Kier molecular flexibility index (Phi) is 8.61. The lowest BCUT2D eigenvalue weighted by atomic mass is 9.73. The van der Waals surface area contributed by atoms with Crippen LogP contribution in [0.25, 0.3) is 0 Å². The quantitative estimate of drug-likeness (QED) is 0.421. The zero-order chi connectivity index (χ0) is 15.6. The number of hydrogen-bond donors (Lipinski definition) is 2. The van der Waals surface area contributed by atoms with Crippen LogP contribution in [0.2, 0.25) is 0 Å². The van der Waals surface area contributed by atoms with Crippen LogP contribution in [-0.4, -0.2) is 22.2 Å². The van der Waals surface area contributed by atoms with E-state index in [0.717, 1.165) is 12.8 Å². The lowest BCUT2D eigenvalue weighted by molar-refractivity contribution is -0.149. The molecule has 0 heterocycles. The average Bonchev–Trinajstić information content (AvgIpc) is 2.34. The van der Waals surface area contributed by atoms with E-state index in [1.807, 2.05) is 6.92 Å². The van der Waals surface area contributed by atoms with Crippen LogP contribution in [0.1, 0.15) is 51.9 Å². The minimum Gasteiger partial charge on any atom is -0.481 e. The predicted octanol–water partition coefficient (Wildman–Crippen LogP) is 3.88. The Balaban J connectivity index is 4.48. The van der Waals surface area contributed by atoms with Crippen molar-refractivity contribution >= 4 is 11.9 Å². The zero-order valence-corrected chi connectivity index (χ0v) is 12.3. The van der Waals surface area contributed by atoms with Gasteiger partial charge in [0, 0.05) is 6.42 Å². The highest BCUT2D eigenvalue weighted by Crippen LogP contribution is 2.37. The van der Waals surface area contributed by atoms with Crippen molar-refractivity contribution in [2.45, 2.75) is 51.9 Å². The van der Waals surface area contributed by atoms with Gasteiger partial charge in [-0.3, -0.25) is 9.59 Å². The number of carboxylic acid groups (broad SMARTS) is 2. The standard InChI is InChI=1S/C16H26O4/c1-4-10-16(11-5-2,15(19)20)12-13(3)8-6-7-9-14(17)18/h4-5,13H,1-2,6-12H2,3H3,(H,17,18)(H,19,20). The Hall–Kier alpha value is -1.58. The van der Waals surface area contributed by atoms with Gasteiger partial charge < -0.3 is 10.2 Å². The third-order valence-electron chi connectivity index (χ3n) is 3.60. The van der Waals surface area contributed by atoms with E-state index < -0.39 is 17.4 Å². The Bertz CT molecular complexity index is 336. The molecule has 0 amide bonds. The summed E-state index contributed by atoms with van der Waals surface area (Å²) in [5.74, 6) is -1.36. The summed E-state index contributed by atoms with van der Waals surface area (Å²) >= 11 is 0. The van der Waals surface area contributed by atoms with E-state index in [9.17, 15) is 14.7 Å². The number of carbonyl (C=O) groups is 2. The van der Waals surface area contributed by atoms with Gasteiger partial charge in [0.1, 0.15) is 0 Å². The summed E-state index contributed by atoms with van der Waals surface area (Å²) in [5.41, 5.74) is -0.824. The highest BCUT2D eigenvalue weighted by atomic mass is 16.4. The summed E-state index contributed by atoms with van der Waals surface area (Å²) in [4.78, 5) is 22.0. The van der Waals surface area contributed by atoms with E-state index in [1.54, 1.807) is 12.2 Å². The number of allylic oxidation sites excluding steroid dienone is 2. The van der Waals surface area contributed by atoms with Crippen LogP contribution in [0.3, 0.4) is 0 Å². The smallest absolute Gasteiger partial charge is 0.310 e. The molecule has 1 unspecified atom stereocenters. The summed E-state index contributed by atoms with van der Waals surface area (Å²) in [6.45, 7) is 9.32. The summed E-state index contributed by atoms with van der Waals surface area (Å²) < 4.78 is 0. The van der Waals surface area contributed by atoms with Crippen LogP contribution in [0.4, 0.5) is 0 Å². The first-order valence-corrected chi connectivity index (χ1v) is 7.05. The van der Waals surface area contributed by atoms with Crippen LogP contribution >= 0.6 is 0 Å². The second kappa shape index (κ2) is 9.34. The second-order valence-electron chi connectivity index (χ2n) is 5.52. The van der Waals surface area contributed by atoms with E-state index in [-0.39, 0.29) is 12.3 Å². The minimum atomic E-state index is -0.824. The van der Waals surface area contributed by atoms with Gasteiger partial charge in [-0.15, -0.1) is 13.2 Å². The molecule has 114 valence electrons. The van der Waals surface area contributed by atoms with Crippen molar-refractivity contribution in [1.29, 1.82) is 0 Å². The van der Waals surface area contributed by atoms with Gasteiger partial charge in [-0.05, 0) is 31.6 Å². The summed E-state index contributed by atoms with van der Waals surface area (Å²) in [5, 5.41) is 18.1. The molecule has 0 saturated heterocycles. The molecular weight excluding hydrogens is 256 g/mol. The van der Waals surface area contributed by atoms with Gasteiger partial charge in [0.25, 0.3) is 0 Å². The van der Waals surface area contributed by atoms with Crippen LogP contribution in [0, 0.1) is 11.3 Å². The maximum atomic E-state index is 11.6. The molecule has 0 aromatic carbocycles. The fraction of sp³-hybridized carbons (Fsp3) is 0.625. The Morgan fingerprint density at radius 3 is 2.10 bits per heavy atom. The van der Waals surface area contributed by atoms with Crippen molar-refractivity contribution in [1.82, 2.24) is 0 Å². The summed E-state index contributed by atoms with van der Waals surface area (Å²) in [6.07, 6.45) is 7.18. The maximum absolute atomic E-state index is 11.6. The van der Waals surface area contributed by atoms with E-state index >= 15 is 0 Å². The molecule has 0 aliphatic carbocycles. The normalized spacial score (nSPS) is 12.7. The molecule has 0 aliphatic heterocycles. The molecule has 0 fully saturated rings. The first-order valence-electron chi connectivity index (χ1n) is 7.05. The van der Waals surface area contributed by atoms with Crippen molar-refractivity contribution in [2.24, 2.45) is 11.3 Å². The average molecular weight is 282 g/mol. The molecule has 4 nitrogen and oxygen atoms in total. The van der Waals surface area contributed by atoms with Crippen molar-refractivity contribution in [3.8, 4) is 0 Å².